The van der Waals surface area contributed by atoms with Crippen LogP contribution < -0.4 is 5.73 Å². The Morgan fingerprint density at radius 2 is 1.04 bits per heavy atom. The average molecular weight is 768 g/mol. The summed E-state index contributed by atoms with van der Waals surface area (Å²) in [5.74, 6) is -0.875. The predicted molar refractivity (Wildman–Crippen MR) is 220 cm³/mol. The minimum absolute atomic E-state index is 0.0459. The minimum atomic E-state index is -4.39. The Bertz CT molecular complexity index is 1010. The molecule has 0 spiro atoms. The van der Waals surface area contributed by atoms with Gasteiger partial charge in [-0.3, -0.25) is 18.6 Å². The quantitative estimate of drug-likeness (QED) is 0.0271. The summed E-state index contributed by atoms with van der Waals surface area (Å²) in [4.78, 5) is 34.8. The van der Waals surface area contributed by atoms with Crippen LogP contribution in [0.5, 0.6) is 0 Å². The zero-order valence-corrected chi connectivity index (χ0v) is 34.6. The maximum atomic E-state index is 12.5. The van der Waals surface area contributed by atoms with Crippen molar-refractivity contribution in [1.82, 2.24) is 0 Å². The minimum Gasteiger partial charge on any atom is -0.462 e. The number of hydrogen-bond donors (Lipinski definition) is 2. The lowest BCUT2D eigenvalue weighted by Crippen LogP contribution is -2.29. The molecule has 53 heavy (non-hydrogen) atoms. The Morgan fingerprint density at radius 1 is 0.585 bits per heavy atom. The molecule has 2 atom stereocenters. The van der Waals surface area contributed by atoms with Gasteiger partial charge in [-0.25, -0.2) is 4.57 Å². The Morgan fingerprint density at radius 3 is 1.55 bits per heavy atom. The second-order valence-corrected chi connectivity index (χ2v) is 15.3. The summed E-state index contributed by atoms with van der Waals surface area (Å²) in [6.07, 6.45) is 44.3. The van der Waals surface area contributed by atoms with Crippen molar-refractivity contribution >= 4 is 19.8 Å². The number of phosphoric ester groups is 1. The van der Waals surface area contributed by atoms with Crippen molar-refractivity contribution in [2.75, 3.05) is 26.4 Å². The molecule has 2 unspecified atom stereocenters. The standard InChI is InChI=1S/C43H78NO8P/c1-3-5-7-9-11-13-15-17-19-20-22-23-25-27-29-31-33-35-42(45)49-39-41(40-51-53(47,48)50-38-37-44)52-43(46)36-34-32-30-28-26-24-21-18-16-14-12-10-8-6-4-2/h6,8,12,14,18,21,26,28,41H,3-5,7,9-11,13,15-17,19-20,22-25,27,29-40,44H2,1-2H3,(H,47,48). The smallest absolute Gasteiger partial charge is 0.462 e. The average Bonchev–Trinajstić information content (AvgIpc) is 3.14. The van der Waals surface area contributed by atoms with Crippen LogP contribution in [0.25, 0.3) is 0 Å². The molecular weight excluding hydrogens is 689 g/mol. The lowest BCUT2D eigenvalue weighted by atomic mass is 10.0. The Hall–Kier alpha value is -2.03. The van der Waals surface area contributed by atoms with E-state index in [0.717, 1.165) is 57.8 Å². The molecule has 9 nitrogen and oxygen atoms in total. The van der Waals surface area contributed by atoms with Gasteiger partial charge in [-0.2, -0.15) is 0 Å². The molecule has 0 heterocycles. The third kappa shape index (κ3) is 39.5. The number of phosphoric acid groups is 1. The first-order chi connectivity index (χ1) is 25.8. The van der Waals surface area contributed by atoms with Gasteiger partial charge in [0.05, 0.1) is 13.2 Å². The van der Waals surface area contributed by atoms with E-state index in [2.05, 4.69) is 62.5 Å². The third-order valence-corrected chi connectivity index (χ3v) is 9.71. The summed E-state index contributed by atoms with van der Waals surface area (Å²) in [5, 5.41) is 0. The number of unbranched alkanes of at least 4 members (excludes halogenated alkanes) is 18. The van der Waals surface area contributed by atoms with Gasteiger partial charge in [0.2, 0.25) is 0 Å². The van der Waals surface area contributed by atoms with E-state index in [-0.39, 0.29) is 32.6 Å². The van der Waals surface area contributed by atoms with E-state index in [1.807, 2.05) is 0 Å². The molecule has 0 aliphatic rings. The number of carbonyl (C=O) groups is 2. The van der Waals surface area contributed by atoms with E-state index in [4.69, 9.17) is 24.3 Å². The van der Waals surface area contributed by atoms with Gasteiger partial charge >= 0.3 is 19.8 Å². The highest BCUT2D eigenvalue weighted by Crippen LogP contribution is 2.43. The molecule has 0 aliphatic carbocycles. The van der Waals surface area contributed by atoms with Gasteiger partial charge in [-0.1, -0.05) is 165 Å². The summed E-state index contributed by atoms with van der Waals surface area (Å²) >= 11 is 0. The number of carbonyl (C=O) groups excluding carboxylic acids is 2. The van der Waals surface area contributed by atoms with Crippen molar-refractivity contribution in [1.29, 1.82) is 0 Å². The highest BCUT2D eigenvalue weighted by atomic mass is 31.2. The third-order valence-electron chi connectivity index (χ3n) is 8.73. The lowest BCUT2D eigenvalue weighted by molar-refractivity contribution is -0.161. The molecular formula is C43H78NO8P. The molecule has 0 aromatic heterocycles. The SMILES string of the molecule is CCC=CCC=CCC=CCC=CCCCCC(=O)OC(COC(=O)CCCCCCCCCCCCCCCCCCC)COP(=O)(O)OCCN. The maximum Gasteiger partial charge on any atom is 0.472 e. The number of esters is 2. The van der Waals surface area contributed by atoms with E-state index < -0.39 is 32.5 Å². The van der Waals surface area contributed by atoms with Crippen LogP contribution in [0.1, 0.15) is 181 Å². The Labute approximate surface area is 324 Å². The summed E-state index contributed by atoms with van der Waals surface area (Å²) in [6.45, 7) is 3.57. The zero-order valence-electron chi connectivity index (χ0n) is 33.7. The van der Waals surface area contributed by atoms with Crippen LogP contribution in [0, 0.1) is 0 Å². The number of allylic oxidation sites excluding steroid dienone is 8. The normalized spacial score (nSPS) is 13.8. The maximum absolute atomic E-state index is 12.5. The fraction of sp³-hybridized carbons (Fsp3) is 0.767. The van der Waals surface area contributed by atoms with Crippen molar-refractivity contribution in [3.05, 3.63) is 48.6 Å². The fourth-order valence-corrected chi connectivity index (χ4v) is 6.39. The number of ether oxygens (including phenoxy) is 2. The van der Waals surface area contributed by atoms with Crippen LogP contribution in [0.15, 0.2) is 48.6 Å². The Balaban J connectivity index is 4.21. The molecule has 0 amide bonds. The molecule has 0 saturated heterocycles. The number of hydrogen-bond acceptors (Lipinski definition) is 8. The van der Waals surface area contributed by atoms with Crippen molar-refractivity contribution in [2.45, 2.75) is 187 Å². The van der Waals surface area contributed by atoms with Crippen LogP contribution >= 0.6 is 7.82 Å². The van der Waals surface area contributed by atoms with E-state index >= 15 is 0 Å². The lowest BCUT2D eigenvalue weighted by Gasteiger charge is -2.19. The monoisotopic (exact) mass is 768 g/mol. The predicted octanol–water partition coefficient (Wildman–Crippen LogP) is 11.9. The van der Waals surface area contributed by atoms with Gasteiger partial charge < -0.3 is 20.1 Å². The molecule has 0 fully saturated rings. The summed E-state index contributed by atoms with van der Waals surface area (Å²) < 4.78 is 32.7. The zero-order chi connectivity index (χ0) is 38.9. The van der Waals surface area contributed by atoms with Crippen molar-refractivity contribution in [3.63, 3.8) is 0 Å². The highest BCUT2D eigenvalue weighted by Gasteiger charge is 2.25. The van der Waals surface area contributed by atoms with Crippen LogP contribution in [-0.4, -0.2) is 49.3 Å². The van der Waals surface area contributed by atoms with E-state index in [0.29, 0.717) is 6.42 Å². The molecule has 0 aromatic carbocycles. The largest absolute Gasteiger partial charge is 0.472 e. The Kier molecular flexibility index (Phi) is 38.1. The number of nitrogens with two attached hydrogens (primary N) is 1. The first kappa shape index (κ1) is 51.0. The molecule has 308 valence electrons. The summed E-state index contributed by atoms with van der Waals surface area (Å²) in [6, 6.07) is 0. The van der Waals surface area contributed by atoms with E-state index in [9.17, 15) is 19.0 Å². The molecule has 0 bridgehead atoms. The van der Waals surface area contributed by atoms with E-state index in [1.165, 1.54) is 89.9 Å². The first-order valence-corrected chi connectivity index (χ1v) is 22.6. The van der Waals surface area contributed by atoms with Gasteiger partial charge in [-0.05, 0) is 51.4 Å². The molecule has 0 aromatic rings. The van der Waals surface area contributed by atoms with Crippen LogP contribution in [0.2, 0.25) is 0 Å². The number of rotatable bonds is 39. The molecule has 10 heteroatoms. The van der Waals surface area contributed by atoms with Crippen LogP contribution in [0.4, 0.5) is 0 Å². The fourth-order valence-electron chi connectivity index (χ4n) is 5.62. The van der Waals surface area contributed by atoms with Crippen molar-refractivity contribution in [2.24, 2.45) is 5.73 Å². The topological polar surface area (TPSA) is 134 Å². The molecule has 0 saturated carbocycles. The van der Waals surface area contributed by atoms with Crippen LogP contribution in [-0.2, 0) is 32.7 Å². The van der Waals surface area contributed by atoms with Gasteiger partial charge in [0.15, 0.2) is 6.10 Å². The van der Waals surface area contributed by atoms with Gasteiger partial charge in [0, 0.05) is 19.4 Å². The van der Waals surface area contributed by atoms with Gasteiger partial charge in [0.1, 0.15) is 6.61 Å². The molecule has 3 N–H and O–H groups in total. The van der Waals surface area contributed by atoms with Crippen LogP contribution in [0.3, 0.4) is 0 Å². The molecule has 0 aliphatic heterocycles. The molecule has 0 rings (SSSR count). The second kappa shape index (κ2) is 39.7. The second-order valence-electron chi connectivity index (χ2n) is 13.8. The van der Waals surface area contributed by atoms with Crippen molar-refractivity contribution in [3.8, 4) is 0 Å². The van der Waals surface area contributed by atoms with Crippen molar-refractivity contribution < 1.29 is 37.6 Å². The summed E-state index contributed by atoms with van der Waals surface area (Å²) in [5.41, 5.74) is 5.34. The first-order valence-electron chi connectivity index (χ1n) is 21.1. The van der Waals surface area contributed by atoms with Gasteiger partial charge in [-0.15, -0.1) is 0 Å². The highest BCUT2D eigenvalue weighted by molar-refractivity contribution is 7.47. The summed E-state index contributed by atoms with van der Waals surface area (Å²) in [7, 11) is -4.39. The van der Waals surface area contributed by atoms with E-state index in [1.54, 1.807) is 0 Å². The molecule has 0 radical (unpaired) electrons. The van der Waals surface area contributed by atoms with Gasteiger partial charge in [0.25, 0.3) is 0 Å².